The predicted molar refractivity (Wildman–Crippen MR) is 119 cm³/mol. The molecule has 0 saturated heterocycles. The number of carbonyl (C=O) groups excluding carboxylic acids is 1. The number of ether oxygens (including phenoxy) is 1. The first-order valence-corrected chi connectivity index (χ1v) is 11.4. The monoisotopic (exact) mass is 429 g/mol. The number of fused-ring (bicyclic) bond motifs is 3. The first-order chi connectivity index (χ1) is 14.7. The van der Waals surface area contributed by atoms with E-state index in [0.717, 1.165) is 55.4 Å². The van der Waals surface area contributed by atoms with Crippen LogP contribution in [0.2, 0.25) is 0 Å². The van der Waals surface area contributed by atoms with E-state index in [2.05, 4.69) is 38.2 Å². The van der Waals surface area contributed by atoms with Gasteiger partial charge in [-0.15, -0.1) is 0 Å². The number of carboxylic acids is 1. The van der Waals surface area contributed by atoms with E-state index >= 15 is 0 Å². The SMILES string of the molecule is CC1=C[C@H]2c3c(O)cc(CCCCCC(=O)NCCC(=O)O)cc3OC(C)(C)[C@@H]2CC1. The molecule has 0 radical (unpaired) electrons. The fraction of sp³-hybridized carbons (Fsp3) is 0.600. The summed E-state index contributed by atoms with van der Waals surface area (Å²) in [6, 6.07) is 3.94. The Bertz CT molecular complexity index is 858. The number of phenolic OH excluding ortho intramolecular Hbond substituents is 1. The van der Waals surface area contributed by atoms with Gasteiger partial charge in [0.2, 0.25) is 5.91 Å². The minimum atomic E-state index is -0.911. The zero-order valence-electron chi connectivity index (χ0n) is 18.9. The quantitative estimate of drug-likeness (QED) is 0.391. The van der Waals surface area contributed by atoms with Crippen LogP contribution in [0.25, 0.3) is 0 Å². The number of carboxylic acid groups (broad SMARTS) is 1. The van der Waals surface area contributed by atoms with E-state index in [0.29, 0.717) is 18.1 Å². The van der Waals surface area contributed by atoms with Crippen molar-refractivity contribution in [1.29, 1.82) is 0 Å². The van der Waals surface area contributed by atoms with Gasteiger partial charge < -0.3 is 20.3 Å². The van der Waals surface area contributed by atoms with Crippen LogP contribution >= 0.6 is 0 Å². The van der Waals surface area contributed by atoms with Gasteiger partial charge in [-0.2, -0.15) is 0 Å². The standard InChI is InChI=1S/C25H35NO5/c1-16-9-10-19-18(13-16)24-20(27)14-17(15-21(24)31-25(19,2)3)7-5-4-6-8-22(28)26-12-11-23(29)30/h13-15,18-19,27H,4-12H2,1-3H3,(H,26,28)(H,29,30)/t18-,19-/m1/s1. The highest BCUT2D eigenvalue weighted by atomic mass is 16.5. The maximum absolute atomic E-state index is 11.7. The second-order valence-electron chi connectivity index (χ2n) is 9.47. The van der Waals surface area contributed by atoms with Gasteiger partial charge in [-0.3, -0.25) is 9.59 Å². The molecule has 0 aromatic heterocycles. The lowest BCUT2D eigenvalue weighted by Gasteiger charge is -2.46. The fourth-order valence-electron chi connectivity index (χ4n) is 4.91. The largest absolute Gasteiger partial charge is 0.507 e. The van der Waals surface area contributed by atoms with Crippen LogP contribution in [0.1, 0.15) is 82.8 Å². The molecule has 0 fully saturated rings. The topological polar surface area (TPSA) is 95.9 Å². The van der Waals surface area contributed by atoms with Gasteiger partial charge in [0, 0.05) is 30.4 Å². The van der Waals surface area contributed by atoms with Crippen molar-refractivity contribution in [2.75, 3.05) is 6.54 Å². The lowest BCUT2D eigenvalue weighted by molar-refractivity contribution is -0.136. The van der Waals surface area contributed by atoms with Gasteiger partial charge in [0.05, 0.1) is 6.42 Å². The van der Waals surface area contributed by atoms with Crippen LogP contribution < -0.4 is 10.1 Å². The molecule has 31 heavy (non-hydrogen) atoms. The first kappa shape index (κ1) is 23.2. The Labute approximate surface area is 184 Å². The summed E-state index contributed by atoms with van der Waals surface area (Å²) in [5.74, 6) is 0.662. The Balaban J connectivity index is 1.55. The lowest BCUT2D eigenvalue weighted by atomic mass is 9.68. The molecule has 170 valence electrons. The van der Waals surface area contributed by atoms with E-state index in [1.54, 1.807) is 0 Å². The molecule has 0 bridgehead atoms. The van der Waals surface area contributed by atoms with E-state index in [-0.39, 0.29) is 30.4 Å². The highest BCUT2D eigenvalue weighted by Crippen LogP contribution is 2.53. The van der Waals surface area contributed by atoms with E-state index in [1.165, 1.54) is 5.57 Å². The third-order valence-electron chi connectivity index (χ3n) is 6.56. The zero-order valence-corrected chi connectivity index (χ0v) is 18.9. The van der Waals surface area contributed by atoms with Crippen molar-refractivity contribution in [2.24, 2.45) is 5.92 Å². The van der Waals surface area contributed by atoms with Gasteiger partial charge in [-0.1, -0.05) is 18.1 Å². The van der Waals surface area contributed by atoms with Gasteiger partial charge in [0.25, 0.3) is 0 Å². The van der Waals surface area contributed by atoms with Crippen LogP contribution in [0, 0.1) is 5.92 Å². The maximum Gasteiger partial charge on any atom is 0.305 e. The lowest BCUT2D eigenvalue weighted by Crippen LogP contribution is -2.45. The number of nitrogens with one attached hydrogen (secondary N) is 1. The van der Waals surface area contributed by atoms with Crippen LogP contribution in [0.3, 0.4) is 0 Å². The number of hydrogen-bond donors (Lipinski definition) is 3. The summed E-state index contributed by atoms with van der Waals surface area (Å²) in [5, 5.41) is 22.0. The maximum atomic E-state index is 11.7. The van der Waals surface area contributed by atoms with Gasteiger partial charge >= 0.3 is 5.97 Å². The second-order valence-corrected chi connectivity index (χ2v) is 9.47. The van der Waals surface area contributed by atoms with E-state index in [1.807, 2.05) is 6.07 Å². The fourth-order valence-corrected chi connectivity index (χ4v) is 4.91. The highest BCUT2D eigenvalue weighted by Gasteiger charge is 2.45. The van der Waals surface area contributed by atoms with Crippen LogP contribution in [0.15, 0.2) is 23.8 Å². The van der Waals surface area contributed by atoms with Crippen molar-refractivity contribution in [1.82, 2.24) is 5.32 Å². The molecule has 1 heterocycles. The summed E-state index contributed by atoms with van der Waals surface area (Å²) in [4.78, 5) is 22.2. The molecule has 0 unspecified atom stereocenters. The van der Waals surface area contributed by atoms with Crippen LogP contribution in [-0.2, 0) is 16.0 Å². The average molecular weight is 430 g/mol. The van der Waals surface area contributed by atoms with Crippen LogP contribution in [-0.4, -0.2) is 34.2 Å². The molecule has 1 aromatic carbocycles. The number of amides is 1. The van der Waals surface area contributed by atoms with E-state index < -0.39 is 5.97 Å². The number of hydrogen-bond acceptors (Lipinski definition) is 4. The number of aliphatic carboxylic acids is 1. The van der Waals surface area contributed by atoms with Crippen molar-refractivity contribution in [2.45, 2.75) is 83.7 Å². The molecule has 0 saturated carbocycles. The number of benzene rings is 1. The van der Waals surface area contributed by atoms with Crippen molar-refractivity contribution in [3.8, 4) is 11.5 Å². The Morgan fingerprint density at radius 1 is 1.19 bits per heavy atom. The van der Waals surface area contributed by atoms with Crippen molar-refractivity contribution in [3.63, 3.8) is 0 Å². The second kappa shape index (κ2) is 9.75. The highest BCUT2D eigenvalue weighted by molar-refractivity contribution is 5.76. The molecular weight excluding hydrogens is 394 g/mol. The molecule has 6 nitrogen and oxygen atoms in total. The van der Waals surface area contributed by atoms with Crippen molar-refractivity contribution >= 4 is 11.9 Å². The summed E-state index contributed by atoms with van der Waals surface area (Å²) < 4.78 is 6.37. The molecule has 1 amide bonds. The number of rotatable bonds is 9. The van der Waals surface area contributed by atoms with Gasteiger partial charge in [-0.25, -0.2) is 0 Å². The number of allylic oxidation sites excluding steroid dienone is 2. The van der Waals surface area contributed by atoms with Gasteiger partial charge in [0.1, 0.15) is 17.1 Å². The van der Waals surface area contributed by atoms with E-state index in [4.69, 9.17) is 9.84 Å². The number of carbonyl (C=O) groups is 2. The van der Waals surface area contributed by atoms with E-state index in [9.17, 15) is 14.7 Å². The number of aryl methyl sites for hydroxylation is 1. The third-order valence-corrected chi connectivity index (χ3v) is 6.56. The summed E-state index contributed by atoms with van der Waals surface area (Å²) in [6.07, 6.45) is 8.19. The number of phenols is 1. The summed E-state index contributed by atoms with van der Waals surface area (Å²) >= 11 is 0. The van der Waals surface area contributed by atoms with Crippen molar-refractivity contribution < 1.29 is 24.5 Å². The number of unbranched alkanes of at least 4 members (excludes halogenated alkanes) is 2. The summed E-state index contributed by atoms with van der Waals surface area (Å²) in [5.41, 5.74) is 3.08. The van der Waals surface area contributed by atoms with Crippen LogP contribution in [0.4, 0.5) is 0 Å². The average Bonchev–Trinajstić information content (AvgIpc) is 2.66. The third kappa shape index (κ3) is 5.81. The Morgan fingerprint density at radius 2 is 1.97 bits per heavy atom. The molecule has 6 heteroatoms. The first-order valence-electron chi connectivity index (χ1n) is 11.4. The Morgan fingerprint density at radius 3 is 2.71 bits per heavy atom. The molecule has 0 spiro atoms. The normalized spacial score (nSPS) is 21.3. The summed E-state index contributed by atoms with van der Waals surface area (Å²) in [6.45, 7) is 6.63. The van der Waals surface area contributed by atoms with Crippen molar-refractivity contribution in [3.05, 3.63) is 34.9 Å². The van der Waals surface area contributed by atoms with Gasteiger partial charge in [-0.05, 0) is 70.6 Å². The smallest absolute Gasteiger partial charge is 0.305 e. The minimum Gasteiger partial charge on any atom is -0.507 e. The summed E-state index contributed by atoms with van der Waals surface area (Å²) in [7, 11) is 0. The molecule has 1 aliphatic heterocycles. The Kier molecular flexibility index (Phi) is 7.29. The van der Waals surface area contributed by atoms with Crippen LogP contribution in [0.5, 0.6) is 11.5 Å². The zero-order chi connectivity index (χ0) is 22.6. The molecule has 2 atom stereocenters. The van der Waals surface area contributed by atoms with Gasteiger partial charge in [0.15, 0.2) is 0 Å². The molecule has 3 N–H and O–H groups in total. The molecule has 3 rings (SSSR count). The molecule has 1 aliphatic carbocycles. The Hall–Kier alpha value is -2.50. The molecule has 1 aromatic rings. The predicted octanol–water partition coefficient (Wildman–Crippen LogP) is 4.70. The molecule has 2 aliphatic rings. The number of aromatic hydroxyl groups is 1. The minimum absolute atomic E-state index is 0.0522. The molecular formula is C25H35NO5.